The fourth-order valence-electron chi connectivity index (χ4n) is 1.67. The van der Waals surface area contributed by atoms with Gasteiger partial charge in [-0.1, -0.05) is 23.2 Å². The number of H-pyrrole nitrogens is 1. The summed E-state index contributed by atoms with van der Waals surface area (Å²) in [6.45, 7) is 0. The maximum atomic E-state index is 5.97. The third kappa shape index (κ3) is 1.44. The first-order valence-corrected chi connectivity index (χ1v) is 5.58. The van der Waals surface area contributed by atoms with E-state index in [1.165, 1.54) is 0 Å². The molecule has 3 aromatic rings. The van der Waals surface area contributed by atoms with E-state index in [1.807, 2.05) is 12.1 Å². The molecular formula is C10H4Cl3N3. The molecule has 1 N–H and O–H groups in total. The fraction of sp³-hybridized carbons (Fsp3) is 0. The van der Waals surface area contributed by atoms with E-state index >= 15 is 0 Å². The van der Waals surface area contributed by atoms with Crippen molar-refractivity contribution in [3.63, 3.8) is 0 Å². The Morgan fingerprint density at radius 2 is 1.88 bits per heavy atom. The lowest BCUT2D eigenvalue weighted by Gasteiger charge is -1.94. The van der Waals surface area contributed by atoms with Crippen LogP contribution in [0.5, 0.6) is 0 Å². The Kier molecular flexibility index (Phi) is 2.21. The molecule has 0 spiro atoms. The molecule has 0 amide bonds. The molecule has 6 heteroatoms. The van der Waals surface area contributed by atoms with E-state index in [4.69, 9.17) is 34.8 Å². The number of fused-ring (bicyclic) bond motifs is 3. The quantitative estimate of drug-likeness (QED) is 0.495. The first-order chi connectivity index (χ1) is 7.65. The van der Waals surface area contributed by atoms with Crippen LogP contribution < -0.4 is 0 Å². The van der Waals surface area contributed by atoms with Crippen LogP contribution in [0.25, 0.3) is 21.9 Å². The summed E-state index contributed by atoms with van der Waals surface area (Å²) in [6.07, 6.45) is 0. The molecule has 0 saturated heterocycles. The molecule has 80 valence electrons. The maximum absolute atomic E-state index is 5.97. The molecule has 16 heavy (non-hydrogen) atoms. The van der Waals surface area contributed by atoms with E-state index in [0.717, 1.165) is 10.9 Å². The number of halogens is 3. The van der Waals surface area contributed by atoms with E-state index in [1.54, 1.807) is 6.07 Å². The van der Waals surface area contributed by atoms with Crippen molar-refractivity contribution in [2.24, 2.45) is 0 Å². The van der Waals surface area contributed by atoms with E-state index in [2.05, 4.69) is 15.0 Å². The fourth-order valence-corrected chi connectivity index (χ4v) is 2.27. The number of rotatable bonds is 0. The lowest BCUT2D eigenvalue weighted by Crippen LogP contribution is -1.84. The monoisotopic (exact) mass is 271 g/mol. The van der Waals surface area contributed by atoms with Crippen molar-refractivity contribution < 1.29 is 0 Å². The summed E-state index contributed by atoms with van der Waals surface area (Å²) in [4.78, 5) is 11.1. The highest BCUT2D eigenvalue weighted by Crippen LogP contribution is 2.30. The number of nitrogens with zero attached hydrogens (tertiary/aromatic N) is 2. The van der Waals surface area contributed by atoms with Gasteiger partial charge in [0.05, 0.1) is 0 Å². The Morgan fingerprint density at radius 1 is 1.06 bits per heavy atom. The molecule has 3 rings (SSSR count). The minimum Gasteiger partial charge on any atom is -0.351 e. The smallest absolute Gasteiger partial charge is 0.224 e. The van der Waals surface area contributed by atoms with Crippen LogP contribution in [-0.4, -0.2) is 15.0 Å². The van der Waals surface area contributed by atoms with Crippen molar-refractivity contribution in [3.05, 3.63) is 33.7 Å². The molecule has 2 heterocycles. The molecule has 0 unspecified atom stereocenters. The second kappa shape index (κ2) is 3.48. The van der Waals surface area contributed by atoms with Gasteiger partial charge in [0.2, 0.25) is 5.28 Å². The van der Waals surface area contributed by atoms with Crippen LogP contribution in [0.2, 0.25) is 15.5 Å². The summed E-state index contributed by atoms with van der Waals surface area (Å²) in [7, 11) is 0. The molecule has 0 saturated carbocycles. The molecule has 0 aliphatic carbocycles. The van der Waals surface area contributed by atoms with Gasteiger partial charge in [-0.05, 0) is 29.8 Å². The van der Waals surface area contributed by atoms with Crippen LogP contribution in [0.1, 0.15) is 0 Å². The highest BCUT2D eigenvalue weighted by atomic mass is 35.5. The molecule has 0 aliphatic rings. The molecule has 3 nitrogen and oxygen atoms in total. The van der Waals surface area contributed by atoms with Crippen LogP contribution in [0.15, 0.2) is 18.2 Å². The number of hydrogen-bond donors (Lipinski definition) is 1. The van der Waals surface area contributed by atoms with Crippen LogP contribution in [0.4, 0.5) is 0 Å². The van der Waals surface area contributed by atoms with Crippen LogP contribution in [0, 0.1) is 0 Å². The molecule has 0 atom stereocenters. The topological polar surface area (TPSA) is 41.6 Å². The second-order valence-corrected chi connectivity index (χ2v) is 4.45. The number of nitrogens with one attached hydrogen (secondary N) is 1. The van der Waals surface area contributed by atoms with E-state index < -0.39 is 0 Å². The van der Waals surface area contributed by atoms with Crippen molar-refractivity contribution in [2.45, 2.75) is 0 Å². The predicted molar refractivity (Wildman–Crippen MR) is 66.4 cm³/mol. The van der Waals surface area contributed by atoms with Gasteiger partial charge in [-0.2, -0.15) is 0 Å². The number of benzene rings is 1. The maximum Gasteiger partial charge on any atom is 0.224 e. The van der Waals surface area contributed by atoms with Gasteiger partial charge in [-0.15, -0.1) is 0 Å². The third-order valence-corrected chi connectivity index (χ3v) is 3.01. The number of hydrogen-bond acceptors (Lipinski definition) is 2. The molecule has 0 radical (unpaired) electrons. The molecule has 1 aromatic carbocycles. The Bertz CT molecular complexity index is 705. The van der Waals surface area contributed by atoms with E-state index in [0.29, 0.717) is 21.2 Å². The molecule has 0 aliphatic heterocycles. The minimum absolute atomic E-state index is 0.123. The molecule has 0 fully saturated rings. The lowest BCUT2D eigenvalue weighted by atomic mass is 10.2. The molecule has 2 aromatic heterocycles. The summed E-state index contributed by atoms with van der Waals surface area (Å²) in [5.74, 6) is 0. The van der Waals surface area contributed by atoms with Crippen LogP contribution in [0.3, 0.4) is 0 Å². The van der Waals surface area contributed by atoms with Crippen molar-refractivity contribution in [1.29, 1.82) is 0 Å². The van der Waals surface area contributed by atoms with Crippen molar-refractivity contribution in [1.82, 2.24) is 15.0 Å². The average molecular weight is 273 g/mol. The van der Waals surface area contributed by atoms with Gasteiger partial charge >= 0.3 is 0 Å². The zero-order chi connectivity index (χ0) is 11.3. The zero-order valence-corrected chi connectivity index (χ0v) is 10.0. The lowest BCUT2D eigenvalue weighted by molar-refractivity contribution is 1.22. The normalized spacial score (nSPS) is 11.4. The number of aromatic nitrogens is 3. The Morgan fingerprint density at radius 3 is 2.69 bits per heavy atom. The summed E-state index contributed by atoms with van der Waals surface area (Å²) in [5, 5.41) is 1.95. The Labute approximate surface area is 105 Å². The second-order valence-electron chi connectivity index (χ2n) is 3.32. The van der Waals surface area contributed by atoms with Crippen molar-refractivity contribution in [3.8, 4) is 0 Å². The van der Waals surface area contributed by atoms with Crippen LogP contribution in [-0.2, 0) is 0 Å². The number of aromatic amines is 1. The highest BCUT2D eigenvalue weighted by Gasteiger charge is 2.11. The van der Waals surface area contributed by atoms with Gasteiger partial charge in [-0.3, -0.25) is 0 Å². The summed E-state index contributed by atoms with van der Waals surface area (Å²) < 4.78 is 0. The first-order valence-electron chi connectivity index (χ1n) is 4.45. The SMILES string of the molecule is Clc1ccc2[nH]c3c(Cl)nc(Cl)nc3c2c1. The Hall–Kier alpha value is -1.03. The largest absolute Gasteiger partial charge is 0.351 e. The minimum atomic E-state index is 0.123. The van der Waals surface area contributed by atoms with Gasteiger partial charge in [0, 0.05) is 15.9 Å². The average Bonchev–Trinajstić information content (AvgIpc) is 2.57. The Balaban J connectivity index is 2.57. The van der Waals surface area contributed by atoms with Crippen molar-refractivity contribution >= 4 is 56.7 Å². The van der Waals surface area contributed by atoms with Crippen LogP contribution >= 0.6 is 34.8 Å². The van der Waals surface area contributed by atoms with Crippen molar-refractivity contribution in [2.75, 3.05) is 0 Å². The molecule has 0 bridgehead atoms. The van der Waals surface area contributed by atoms with E-state index in [-0.39, 0.29) is 5.28 Å². The summed E-state index contributed by atoms with van der Waals surface area (Å²) >= 11 is 17.7. The molecular weight excluding hydrogens is 268 g/mol. The standard InChI is InChI=1S/C10H4Cl3N3/c11-4-1-2-6-5(3-4)7-8(14-6)9(12)16-10(13)15-7/h1-3,14H. The first kappa shape index (κ1) is 10.1. The van der Waals surface area contributed by atoms with Gasteiger partial charge in [0.25, 0.3) is 0 Å². The van der Waals surface area contributed by atoms with Gasteiger partial charge in [-0.25, -0.2) is 9.97 Å². The van der Waals surface area contributed by atoms with Gasteiger partial charge in [0.15, 0.2) is 5.15 Å². The predicted octanol–water partition coefficient (Wildman–Crippen LogP) is 4.07. The van der Waals surface area contributed by atoms with E-state index in [9.17, 15) is 0 Å². The summed E-state index contributed by atoms with van der Waals surface area (Å²) in [6, 6.07) is 5.47. The van der Waals surface area contributed by atoms with Gasteiger partial charge in [0.1, 0.15) is 11.0 Å². The van der Waals surface area contributed by atoms with Gasteiger partial charge < -0.3 is 4.98 Å². The summed E-state index contributed by atoms with van der Waals surface area (Å²) in [5.41, 5.74) is 2.25. The zero-order valence-electron chi connectivity index (χ0n) is 7.76. The highest BCUT2D eigenvalue weighted by molar-refractivity contribution is 6.37. The third-order valence-electron chi connectivity index (χ3n) is 2.33.